The highest BCUT2D eigenvalue weighted by Gasteiger charge is 2.23. The van der Waals surface area contributed by atoms with Crippen LogP contribution in [0.15, 0.2) is 24.3 Å². The van der Waals surface area contributed by atoms with Crippen molar-refractivity contribution in [1.29, 1.82) is 0 Å². The zero-order chi connectivity index (χ0) is 19.8. The second-order valence-corrected chi connectivity index (χ2v) is 8.07. The molecule has 0 bridgehead atoms. The summed E-state index contributed by atoms with van der Waals surface area (Å²) in [4.78, 5) is 14.9. The van der Waals surface area contributed by atoms with Gasteiger partial charge >= 0.3 is 0 Å². The van der Waals surface area contributed by atoms with Crippen LogP contribution in [0.1, 0.15) is 50.5 Å². The lowest BCUT2D eigenvalue weighted by atomic mass is 9.88. The summed E-state index contributed by atoms with van der Waals surface area (Å²) in [5, 5.41) is 3.16. The van der Waals surface area contributed by atoms with E-state index in [1.54, 1.807) is 26.4 Å². The van der Waals surface area contributed by atoms with Gasteiger partial charge in [0.05, 0.1) is 14.2 Å². The summed E-state index contributed by atoms with van der Waals surface area (Å²) >= 11 is 0. The maximum Gasteiger partial charge on any atom is 0.244 e. The van der Waals surface area contributed by atoms with E-state index < -0.39 is 0 Å². The number of carbonyl (C=O) groups is 1. The molecule has 0 atom stereocenters. The number of likely N-dealkylation sites (tertiary alicyclic amines) is 1. The quantitative estimate of drug-likeness (QED) is 0.723. The van der Waals surface area contributed by atoms with Gasteiger partial charge < -0.3 is 19.7 Å². The Morgan fingerprint density at radius 2 is 1.68 bits per heavy atom. The molecule has 1 aliphatic heterocycles. The number of methoxy groups -OCH3 is 2. The lowest BCUT2D eigenvalue weighted by Crippen LogP contribution is -2.45. The highest BCUT2D eigenvalue weighted by Crippen LogP contribution is 2.26. The van der Waals surface area contributed by atoms with Crippen molar-refractivity contribution >= 4 is 12.0 Å². The summed E-state index contributed by atoms with van der Waals surface area (Å²) in [5.74, 6) is 2.28. The number of nitrogens with zero attached hydrogens (tertiary/aromatic N) is 1. The van der Waals surface area contributed by atoms with Crippen molar-refractivity contribution in [3.05, 3.63) is 29.8 Å². The maximum absolute atomic E-state index is 12.3. The molecule has 5 nitrogen and oxygen atoms in total. The minimum atomic E-state index is -0.0347. The summed E-state index contributed by atoms with van der Waals surface area (Å²) in [7, 11) is 3.24. The third-order valence-electron chi connectivity index (χ3n) is 5.98. The molecule has 1 aliphatic carbocycles. The number of rotatable bonds is 7. The number of ether oxygens (including phenoxy) is 2. The average molecular weight is 387 g/mol. The summed E-state index contributed by atoms with van der Waals surface area (Å²) in [5.41, 5.74) is 0.883. The van der Waals surface area contributed by atoms with Crippen LogP contribution in [0, 0.1) is 5.92 Å². The van der Waals surface area contributed by atoms with E-state index in [-0.39, 0.29) is 11.9 Å². The Balaban J connectivity index is 1.43. The summed E-state index contributed by atoms with van der Waals surface area (Å²) in [6, 6.07) is 5.87. The Morgan fingerprint density at radius 1 is 1.04 bits per heavy atom. The molecule has 2 aliphatic rings. The van der Waals surface area contributed by atoms with Crippen LogP contribution < -0.4 is 14.8 Å². The van der Waals surface area contributed by atoms with Crippen LogP contribution >= 0.6 is 0 Å². The van der Waals surface area contributed by atoms with Gasteiger partial charge in [0, 0.05) is 37.8 Å². The zero-order valence-corrected chi connectivity index (χ0v) is 17.3. The van der Waals surface area contributed by atoms with Crippen molar-refractivity contribution in [2.75, 3.05) is 33.9 Å². The lowest BCUT2D eigenvalue weighted by Gasteiger charge is -2.35. The first-order valence-corrected chi connectivity index (χ1v) is 10.6. The van der Waals surface area contributed by atoms with E-state index in [1.165, 1.54) is 38.6 Å². The van der Waals surface area contributed by atoms with Gasteiger partial charge in [0.25, 0.3) is 0 Å². The van der Waals surface area contributed by atoms with E-state index in [4.69, 9.17) is 9.47 Å². The Labute approximate surface area is 169 Å². The maximum atomic E-state index is 12.3. The minimum Gasteiger partial charge on any atom is -0.497 e. The second-order valence-electron chi connectivity index (χ2n) is 8.07. The largest absolute Gasteiger partial charge is 0.497 e. The number of benzene rings is 1. The fraction of sp³-hybridized carbons (Fsp3) is 0.609. The van der Waals surface area contributed by atoms with Gasteiger partial charge in [0.15, 0.2) is 0 Å². The van der Waals surface area contributed by atoms with Crippen LogP contribution in [0.2, 0.25) is 0 Å². The monoisotopic (exact) mass is 386 g/mol. The smallest absolute Gasteiger partial charge is 0.244 e. The molecule has 154 valence electrons. The lowest BCUT2D eigenvalue weighted by molar-refractivity contribution is -0.117. The van der Waals surface area contributed by atoms with Crippen LogP contribution in [0.25, 0.3) is 6.08 Å². The Hall–Kier alpha value is -2.01. The highest BCUT2D eigenvalue weighted by molar-refractivity contribution is 5.92. The third-order valence-corrected chi connectivity index (χ3v) is 5.98. The van der Waals surface area contributed by atoms with Crippen LogP contribution in [0.3, 0.4) is 0 Å². The van der Waals surface area contributed by atoms with Crippen LogP contribution in [-0.4, -0.2) is 50.7 Å². The van der Waals surface area contributed by atoms with Crippen molar-refractivity contribution < 1.29 is 14.3 Å². The van der Waals surface area contributed by atoms with Gasteiger partial charge in [-0.1, -0.05) is 19.3 Å². The van der Waals surface area contributed by atoms with E-state index in [2.05, 4.69) is 10.2 Å². The normalized spacial score (nSPS) is 19.6. The fourth-order valence-corrected chi connectivity index (χ4v) is 4.34. The van der Waals surface area contributed by atoms with Crippen LogP contribution in [0.5, 0.6) is 11.5 Å². The molecular formula is C23H34N2O3. The molecule has 1 N–H and O–H groups in total. The number of piperidine rings is 1. The summed E-state index contributed by atoms with van der Waals surface area (Å²) < 4.78 is 10.5. The van der Waals surface area contributed by atoms with Crippen molar-refractivity contribution in [3.8, 4) is 11.5 Å². The first-order valence-electron chi connectivity index (χ1n) is 10.6. The first kappa shape index (κ1) is 20.7. The van der Waals surface area contributed by atoms with Crippen LogP contribution in [0.4, 0.5) is 0 Å². The molecule has 3 rings (SSSR count). The van der Waals surface area contributed by atoms with Gasteiger partial charge in [-0.05, 0) is 55.4 Å². The summed E-state index contributed by atoms with van der Waals surface area (Å²) in [6.45, 7) is 3.44. The van der Waals surface area contributed by atoms with E-state index >= 15 is 0 Å². The predicted octanol–water partition coefficient (Wildman–Crippen LogP) is 3.88. The molecular weight excluding hydrogens is 352 g/mol. The first-order chi connectivity index (χ1) is 13.7. The number of amides is 1. The van der Waals surface area contributed by atoms with Gasteiger partial charge in [-0.2, -0.15) is 0 Å². The van der Waals surface area contributed by atoms with Gasteiger partial charge in [-0.25, -0.2) is 0 Å². The molecule has 0 aromatic heterocycles. The molecule has 0 spiro atoms. The van der Waals surface area contributed by atoms with Crippen molar-refractivity contribution in [1.82, 2.24) is 10.2 Å². The van der Waals surface area contributed by atoms with Gasteiger partial charge in [0.1, 0.15) is 11.5 Å². The number of nitrogens with one attached hydrogen (secondary N) is 1. The molecule has 1 aromatic carbocycles. The average Bonchev–Trinajstić information content (AvgIpc) is 2.74. The molecule has 28 heavy (non-hydrogen) atoms. The second kappa shape index (κ2) is 10.5. The molecule has 1 aromatic rings. The Kier molecular flexibility index (Phi) is 7.78. The van der Waals surface area contributed by atoms with E-state index in [0.29, 0.717) is 11.5 Å². The topological polar surface area (TPSA) is 50.8 Å². The molecule has 1 saturated carbocycles. The molecule has 0 radical (unpaired) electrons. The summed E-state index contributed by atoms with van der Waals surface area (Å²) in [6.07, 6.45) is 12.5. The zero-order valence-electron chi connectivity index (χ0n) is 17.3. The third kappa shape index (κ3) is 6.26. The molecule has 0 unspecified atom stereocenters. The Bertz CT molecular complexity index is 638. The molecule has 1 amide bonds. The van der Waals surface area contributed by atoms with Gasteiger partial charge in [-0.3, -0.25) is 4.79 Å². The van der Waals surface area contributed by atoms with Crippen molar-refractivity contribution in [2.45, 2.75) is 51.0 Å². The molecule has 5 heteroatoms. The highest BCUT2D eigenvalue weighted by atomic mass is 16.5. The molecule has 2 fully saturated rings. The van der Waals surface area contributed by atoms with Crippen molar-refractivity contribution in [3.63, 3.8) is 0 Å². The predicted molar refractivity (Wildman–Crippen MR) is 113 cm³/mol. The number of carbonyl (C=O) groups excluding carboxylic acids is 1. The van der Waals surface area contributed by atoms with E-state index in [1.807, 2.05) is 18.2 Å². The Morgan fingerprint density at radius 3 is 2.29 bits per heavy atom. The van der Waals surface area contributed by atoms with Gasteiger partial charge in [0.2, 0.25) is 5.91 Å². The van der Waals surface area contributed by atoms with E-state index in [0.717, 1.165) is 37.4 Å². The van der Waals surface area contributed by atoms with E-state index in [9.17, 15) is 4.79 Å². The standard InChI is InChI=1S/C23H34N2O3/c1-27-21-14-19(15-22(16-21)28-2)8-9-23(26)24-20-10-12-25(13-11-20)17-18-6-4-3-5-7-18/h8-9,14-16,18,20H,3-7,10-13,17H2,1-2H3,(H,24,26)/b9-8+. The number of hydrogen-bond donors (Lipinski definition) is 1. The minimum absolute atomic E-state index is 0.0347. The number of hydrogen-bond acceptors (Lipinski definition) is 4. The molecule has 1 heterocycles. The van der Waals surface area contributed by atoms with Crippen LogP contribution in [-0.2, 0) is 4.79 Å². The van der Waals surface area contributed by atoms with Crippen molar-refractivity contribution in [2.24, 2.45) is 5.92 Å². The fourth-order valence-electron chi connectivity index (χ4n) is 4.34. The molecule has 1 saturated heterocycles. The van der Waals surface area contributed by atoms with Gasteiger partial charge in [-0.15, -0.1) is 0 Å². The SMILES string of the molecule is COc1cc(/C=C/C(=O)NC2CCN(CC3CCCCC3)CC2)cc(OC)c1.